The minimum atomic E-state index is 0.424. The van der Waals surface area contributed by atoms with E-state index in [2.05, 4.69) is 22.0 Å². The van der Waals surface area contributed by atoms with Gasteiger partial charge in [-0.2, -0.15) is 0 Å². The first-order valence-electron chi connectivity index (χ1n) is 3.32. The van der Waals surface area contributed by atoms with Crippen LogP contribution < -0.4 is 5.73 Å². The third-order valence-electron chi connectivity index (χ3n) is 1.72. The summed E-state index contributed by atoms with van der Waals surface area (Å²) < 4.78 is 0. The highest BCUT2D eigenvalue weighted by Gasteiger charge is 2.08. The highest BCUT2D eigenvalue weighted by Crippen LogP contribution is 2.17. The summed E-state index contributed by atoms with van der Waals surface area (Å²) in [6, 6.07) is 0.424. The van der Waals surface area contributed by atoms with Crippen molar-refractivity contribution in [2.45, 2.75) is 25.3 Å². The van der Waals surface area contributed by atoms with Crippen LogP contribution in [0.25, 0.3) is 0 Å². The molecular formula is C7H12BrN. The zero-order valence-corrected chi connectivity index (χ0v) is 7.02. The maximum Gasteiger partial charge on any atom is 0.0241 e. The first-order valence-corrected chi connectivity index (χ1v) is 4.44. The van der Waals surface area contributed by atoms with E-state index in [9.17, 15) is 0 Å². The van der Waals surface area contributed by atoms with Crippen molar-refractivity contribution in [3.63, 3.8) is 0 Å². The number of nitrogens with two attached hydrogens (primary N) is 1. The van der Waals surface area contributed by atoms with E-state index in [1.165, 1.54) is 12.0 Å². The molecule has 0 aromatic rings. The molecule has 0 radical (unpaired) electrons. The van der Waals surface area contributed by atoms with Gasteiger partial charge < -0.3 is 5.73 Å². The second-order valence-corrected chi connectivity index (χ2v) is 3.09. The maximum absolute atomic E-state index is 5.69. The van der Waals surface area contributed by atoms with E-state index < -0.39 is 0 Å². The fraction of sp³-hybridized carbons (Fsp3) is 0.714. The molecule has 2 N–H and O–H groups in total. The molecule has 1 unspecified atom stereocenters. The third kappa shape index (κ3) is 2.11. The molecule has 0 fully saturated rings. The molecule has 0 saturated carbocycles. The summed E-state index contributed by atoms with van der Waals surface area (Å²) in [4.78, 5) is 0. The molecule has 0 amide bonds. The van der Waals surface area contributed by atoms with Crippen LogP contribution in [0, 0.1) is 0 Å². The topological polar surface area (TPSA) is 26.0 Å². The van der Waals surface area contributed by atoms with Crippen molar-refractivity contribution in [2.75, 3.05) is 5.33 Å². The molecule has 1 rings (SSSR count). The first-order chi connectivity index (χ1) is 4.33. The van der Waals surface area contributed by atoms with Gasteiger partial charge in [-0.1, -0.05) is 27.6 Å². The number of hydrogen-bond acceptors (Lipinski definition) is 1. The van der Waals surface area contributed by atoms with Crippen molar-refractivity contribution in [3.05, 3.63) is 11.6 Å². The Balaban J connectivity index is 2.40. The van der Waals surface area contributed by atoms with Gasteiger partial charge in [-0.3, -0.25) is 0 Å². The molecule has 0 spiro atoms. The van der Waals surface area contributed by atoms with Crippen molar-refractivity contribution in [2.24, 2.45) is 5.73 Å². The molecule has 0 bridgehead atoms. The molecule has 1 aliphatic rings. The highest BCUT2D eigenvalue weighted by atomic mass is 79.9. The molecule has 1 aliphatic carbocycles. The second kappa shape index (κ2) is 3.37. The van der Waals surface area contributed by atoms with Crippen LogP contribution in [0.1, 0.15) is 19.3 Å². The third-order valence-corrected chi connectivity index (χ3v) is 2.44. The maximum atomic E-state index is 5.69. The van der Waals surface area contributed by atoms with E-state index in [1.807, 2.05) is 0 Å². The van der Waals surface area contributed by atoms with Crippen LogP contribution >= 0.6 is 15.9 Å². The molecule has 52 valence electrons. The number of alkyl halides is 1. The van der Waals surface area contributed by atoms with Gasteiger partial charge in [0.15, 0.2) is 0 Å². The molecule has 0 saturated heterocycles. The van der Waals surface area contributed by atoms with Crippen molar-refractivity contribution in [1.29, 1.82) is 0 Å². The molecule has 9 heavy (non-hydrogen) atoms. The molecule has 0 aromatic heterocycles. The number of halogens is 1. The summed E-state index contributed by atoms with van der Waals surface area (Å²) in [7, 11) is 0. The molecule has 0 heterocycles. The zero-order chi connectivity index (χ0) is 6.69. The lowest BCUT2D eigenvalue weighted by molar-refractivity contribution is 0.591. The molecule has 1 atom stereocenters. The van der Waals surface area contributed by atoms with Crippen LogP contribution in [-0.4, -0.2) is 11.4 Å². The van der Waals surface area contributed by atoms with Crippen molar-refractivity contribution in [3.8, 4) is 0 Å². The van der Waals surface area contributed by atoms with Crippen LogP contribution in [0.2, 0.25) is 0 Å². The average Bonchev–Trinajstić information content (AvgIpc) is 1.90. The van der Waals surface area contributed by atoms with Gasteiger partial charge in [-0.15, -0.1) is 0 Å². The lowest BCUT2D eigenvalue weighted by Crippen LogP contribution is -2.21. The Hall–Kier alpha value is 0.180. The van der Waals surface area contributed by atoms with Crippen LogP contribution in [0.3, 0.4) is 0 Å². The Bertz CT molecular complexity index is 120. The van der Waals surface area contributed by atoms with Gasteiger partial charge in [0.1, 0.15) is 0 Å². The Morgan fingerprint density at radius 1 is 1.78 bits per heavy atom. The van der Waals surface area contributed by atoms with Crippen molar-refractivity contribution < 1.29 is 0 Å². The minimum absolute atomic E-state index is 0.424. The lowest BCUT2D eigenvalue weighted by atomic mass is 9.97. The van der Waals surface area contributed by atoms with Gasteiger partial charge in [-0.25, -0.2) is 0 Å². The van der Waals surface area contributed by atoms with E-state index in [0.717, 1.165) is 18.2 Å². The quantitative estimate of drug-likeness (QED) is 0.495. The fourth-order valence-electron chi connectivity index (χ4n) is 1.03. The fourth-order valence-corrected chi connectivity index (χ4v) is 1.54. The van der Waals surface area contributed by atoms with Gasteiger partial charge in [0, 0.05) is 11.4 Å². The summed E-state index contributed by atoms with van der Waals surface area (Å²) >= 11 is 3.42. The van der Waals surface area contributed by atoms with Gasteiger partial charge >= 0.3 is 0 Å². The van der Waals surface area contributed by atoms with Crippen molar-refractivity contribution >= 4 is 15.9 Å². The standard InChI is InChI=1S/C7H12BrN/c8-5-6-1-3-7(9)4-2-6/h1,7H,2-5,9H2. The Morgan fingerprint density at radius 3 is 3.00 bits per heavy atom. The summed E-state index contributed by atoms with van der Waals surface area (Å²) in [5, 5.41) is 1.03. The monoisotopic (exact) mass is 189 g/mol. The predicted octanol–water partition coefficient (Wildman–Crippen LogP) is 1.82. The van der Waals surface area contributed by atoms with Gasteiger partial charge in [0.2, 0.25) is 0 Å². The van der Waals surface area contributed by atoms with Gasteiger partial charge in [0.25, 0.3) is 0 Å². The van der Waals surface area contributed by atoms with E-state index >= 15 is 0 Å². The zero-order valence-electron chi connectivity index (χ0n) is 5.44. The smallest absolute Gasteiger partial charge is 0.0241 e. The lowest BCUT2D eigenvalue weighted by Gasteiger charge is -2.16. The molecule has 1 nitrogen and oxygen atoms in total. The minimum Gasteiger partial charge on any atom is -0.327 e. The van der Waals surface area contributed by atoms with Crippen LogP contribution in [-0.2, 0) is 0 Å². The molecular weight excluding hydrogens is 178 g/mol. The highest BCUT2D eigenvalue weighted by molar-refractivity contribution is 9.09. The second-order valence-electron chi connectivity index (χ2n) is 2.53. The summed E-state index contributed by atoms with van der Waals surface area (Å²) in [6.07, 6.45) is 5.67. The van der Waals surface area contributed by atoms with Crippen LogP contribution in [0.4, 0.5) is 0 Å². The predicted molar refractivity (Wildman–Crippen MR) is 43.7 cm³/mol. The SMILES string of the molecule is NC1CC=C(CBr)CC1. The Morgan fingerprint density at radius 2 is 2.56 bits per heavy atom. The van der Waals surface area contributed by atoms with Crippen LogP contribution in [0.15, 0.2) is 11.6 Å². The molecule has 0 aromatic carbocycles. The van der Waals surface area contributed by atoms with Gasteiger partial charge in [-0.05, 0) is 19.3 Å². The first kappa shape index (κ1) is 7.29. The summed E-state index contributed by atoms with van der Waals surface area (Å²) in [5.74, 6) is 0. The number of rotatable bonds is 1. The molecule has 2 heteroatoms. The van der Waals surface area contributed by atoms with E-state index in [4.69, 9.17) is 5.73 Å². The van der Waals surface area contributed by atoms with Gasteiger partial charge in [0.05, 0.1) is 0 Å². The Kier molecular flexibility index (Phi) is 2.73. The summed E-state index contributed by atoms with van der Waals surface area (Å²) in [6.45, 7) is 0. The largest absolute Gasteiger partial charge is 0.327 e. The summed E-state index contributed by atoms with van der Waals surface area (Å²) in [5.41, 5.74) is 7.20. The number of hydrogen-bond donors (Lipinski definition) is 1. The normalized spacial score (nSPS) is 27.8. The Labute approximate surface area is 64.4 Å². The molecule has 0 aliphatic heterocycles. The van der Waals surface area contributed by atoms with E-state index in [0.29, 0.717) is 6.04 Å². The van der Waals surface area contributed by atoms with E-state index in [-0.39, 0.29) is 0 Å². The van der Waals surface area contributed by atoms with Crippen molar-refractivity contribution in [1.82, 2.24) is 0 Å². The number of allylic oxidation sites excluding steroid dienone is 1. The average molecular weight is 190 g/mol. The van der Waals surface area contributed by atoms with Crippen LogP contribution in [0.5, 0.6) is 0 Å². The van der Waals surface area contributed by atoms with E-state index in [1.54, 1.807) is 0 Å².